The minimum absolute atomic E-state index is 0.0164. The lowest BCUT2D eigenvalue weighted by Crippen LogP contribution is -2.47. The molecule has 0 bridgehead atoms. The standard InChI is InChI=1S/C20H18Cl2F3NO3/c1-11(16-5-4-15(21)9-17(16)22)19(29,20(23,24)25)14-3-2-12-6-7-26(18(27)28)10-13(12)8-14/h2-5,8-9,11,29H,6-7,10H2,1H3,(H,27,28). The highest BCUT2D eigenvalue weighted by Crippen LogP contribution is 2.50. The summed E-state index contributed by atoms with van der Waals surface area (Å²) in [6.45, 7) is 1.47. The number of rotatable bonds is 3. The molecule has 2 N–H and O–H groups in total. The molecule has 1 heterocycles. The van der Waals surface area contributed by atoms with Gasteiger partial charge in [-0.2, -0.15) is 13.2 Å². The van der Waals surface area contributed by atoms with E-state index in [1.807, 2.05) is 0 Å². The first kappa shape index (κ1) is 21.7. The van der Waals surface area contributed by atoms with Crippen LogP contribution in [-0.4, -0.2) is 33.9 Å². The molecule has 3 rings (SSSR count). The Kier molecular flexibility index (Phi) is 5.77. The van der Waals surface area contributed by atoms with Gasteiger partial charge in [-0.15, -0.1) is 0 Å². The van der Waals surface area contributed by atoms with Crippen LogP contribution in [0.3, 0.4) is 0 Å². The van der Waals surface area contributed by atoms with E-state index >= 15 is 0 Å². The van der Waals surface area contributed by atoms with Gasteiger partial charge in [0.25, 0.3) is 0 Å². The van der Waals surface area contributed by atoms with E-state index in [4.69, 9.17) is 23.2 Å². The Labute approximate surface area is 175 Å². The zero-order chi connectivity index (χ0) is 21.6. The molecule has 2 atom stereocenters. The Hall–Kier alpha value is -1.96. The molecule has 0 saturated heterocycles. The van der Waals surface area contributed by atoms with E-state index in [0.29, 0.717) is 12.0 Å². The van der Waals surface area contributed by atoms with E-state index in [-0.39, 0.29) is 34.3 Å². The van der Waals surface area contributed by atoms with E-state index in [0.717, 1.165) is 10.5 Å². The quantitative estimate of drug-likeness (QED) is 0.645. The molecule has 156 valence electrons. The summed E-state index contributed by atoms with van der Waals surface area (Å²) in [5, 5.41) is 20.4. The van der Waals surface area contributed by atoms with Crippen LogP contribution in [0.1, 0.15) is 35.1 Å². The number of aliphatic hydroxyl groups is 1. The number of alkyl halides is 3. The number of nitrogens with zero attached hydrogens (tertiary/aromatic N) is 1. The Morgan fingerprint density at radius 1 is 1.14 bits per heavy atom. The lowest BCUT2D eigenvalue weighted by atomic mass is 9.76. The van der Waals surface area contributed by atoms with Crippen LogP contribution in [0.15, 0.2) is 36.4 Å². The van der Waals surface area contributed by atoms with Gasteiger partial charge in [-0.05, 0) is 40.8 Å². The summed E-state index contributed by atoms with van der Waals surface area (Å²) < 4.78 is 42.5. The fraction of sp³-hybridized carbons (Fsp3) is 0.350. The summed E-state index contributed by atoms with van der Waals surface area (Å²) in [7, 11) is 0. The van der Waals surface area contributed by atoms with E-state index < -0.39 is 23.8 Å². The third-order valence-corrected chi connectivity index (χ3v) is 5.98. The van der Waals surface area contributed by atoms with Gasteiger partial charge in [0.2, 0.25) is 0 Å². The maximum Gasteiger partial charge on any atom is 0.422 e. The first-order chi connectivity index (χ1) is 13.4. The predicted molar refractivity (Wildman–Crippen MR) is 103 cm³/mol. The van der Waals surface area contributed by atoms with Gasteiger partial charge >= 0.3 is 12.3 Å². The van der Waals surface area contributed by atoms with Crippen LogP contribution in [0.5, 0.6) is 0 Å². The zero-order valence-corrected chi connectivity index (χ0v) is 16.8. The normalized spacial score (nSPS) is 17.4. The van der Waals surface area contributed by atoms with Crippen molar-refractivity contribution < 1.29 is 28.2 Å². The summed E-state index contributed by atoms with van der Waals surface area (Å²) >= 11 is 11.9. The molecule has 0 saturated carbocycles. The largest absolute Gasteiger partial charge is 0.465 e. The highest BCUT2D eigenvalue weighted by atomic mass is 35.5. The molecule has 1 aliphatic heterocycles. The van der Waals surface area contributed by atoms with Gasteiger partial charge in [0, 0.05) is 29.1 Å². The minimum atomic E-state index is -5.01. The topological polar surface area (TPSA) is 60.8 Å². The van der Waals surface area contributed by atoms with E-state index in [1.54, 1.807) is 0 Å². The summed E-state index contributed by atoms with van der Waals surface area (Å²) in [4.78, 5) is 12.4. The number of hydrogen-bond acceptors (Lipinski definition) is 2. The van der Waals surface area contributed by atoms with E-state index in [9.17, 15) is 28.2 Å². The fourth-order valence-electron chi connectivity index (χ4n) is 3.69. The van der Waals surface area contributed by atoms with Gasteiger partial charge in [0.15, 0.2) is 5.60 Å². The third-order valence-electron chi connectivity index (χ3n) is 5.42. The molecule has 0 spiro atoms. The smallest absolute Gasteiger partial charge is 0.422 e. The first-order valence-corrected chi connectivity index (χ1v) is 9.55. The average molecular weight is 448 g/mol. The van der Waals surface area contributed by atoms with Crippen molar-refractivity contribution in [3.8, 4) is 0 Å². The van der Waals surface area contributed by atoms with Crippen molar-refractivity contribution >= 4 is 29.3 Å². The number of hydrogen-bond donors (Lipinski definition) is 2. The van der Waals surface area contributed by atoms with E-state index in [1.165, 1.54) is 43.3 Å². The molecule has 2 unspecified atom stereocenters. The second kappa shape index (κ2) is 7.70. The number of fused-ring (bicyclic) bond motifs is 1. The molecule has 9 heteroatoms. The first-order valence-electron chi connectivity index (χ1n) is 8.79. The summed E-state index contributed by atoms with van der Waals surface area (Å²) in [6.07, 6.45) is -5.76. The van der Waals surface area contributed by atoms with Crippen LogP contribution in [0.2, 0.25) is 10.0 Å². The Balaban J connectivity index is 2.10. The highest BCUT2D eigenvalue weighted by Gasteiger charge is 2.59. The Bertz CT molecular complexity index is 951. The van der Waals surface area contributed by atoms with Crippen LogP contribution in [0, 0.1) is 0 Å². The number of amides is 1. The van der Waals surface area contributed by atoms with Gasteiger partial charge in [-0.3, -0.25) is 0 Å². The monoisotopic (exact) mass is 447 g/mol. The van der Waals surface area contributed by atoms with Gasteiger partial charge < -0.3 is 15.1 Å². The number of carbonyl (C=O) groups is 1. The van der Waals surface area contributed by atoms with Gasteiger partial charge in [-0.1, -0.05) is 54.4 Å². The van der Waals surface area contributed by atoms with Gasteiger partial charge in [0.05, 0.1) is 0 Å². The summed E-state index contributed by atoms with van der Waals surface area (Å²) in [5.41, 5.74) is -2.30. The van der Waals surface area contributed by atoms with E-state index in [2.05, 4.69) is 0 Å². The van der Waals surface area contributed by atoms with Crippen molar-refractivity contribution in [2.45, 2.75) is 37.6 Å². The summed E-state index contributed by atoms with van der Waals surface area (Å²) in [5.74, 6) is -1.44. The van der Waals surface area contributed by atoms with Gasteiger partial charge in [-0.25, -0.2) is 4.79 Å². The Morgan fingerprint density at radius 3 is 2.41 bits per heavy atom. The van der Waals surface area contributed by atoms with Crippen molar-refractivity contribution in [1.29, 1.82) is 0 Å². The molecular formula is C20H18Cl2F3NO3. The SMILES string of the molecule is CC(c1ccc(Cl)cc1Cl)C(O)(c1ccc2c(c1)CN(C(=O)O)CC2)C(F)(F)F. The average Bonchev–Trinajstić information content (AvgIpc) is 2.65. The maximum atomic E-state index is 14.2. The molecule has 29 heavy (non-hydrogen) atoms. The fourth-order valence-corrected chi connectivity index (χ4v) is 4.27. The molecule has 0 aliphatic carbocycles. The van der Waals surface area contributed by atoms with Crippen LogP contribution in [-0.2, 0) is 18.6 Å². The molecule has 1 amide bonds. The maximum absolute atomic E-state index is 14.2. The summed E-state index contributed by atoms with van der Waals surface area (Å²) in [6, 6.07) is 8.08. The number of halogens is 5. The molecule has 0 aromatic heterocycles. The molecule has 0 radical (unpaired) electrons. The van der Waals surface area contributed by atoms with Crippen molar-refractivity contribution in [2.75, 3.05) is 6.54 Å². The Morgan fingerprint density at radius 2 is 1.83 bits per heavy atom. The van der Waals surface area contributed by atoms with Crippen LogP contribution in [0.4, 0.5) is 18.0 Å². The second-order valence-corrected chi connectivity index (χ2v) is 7.93. The van der Waals surface area contributed by atoms with Crippen molar-refractivity contribution in [3.63, 3.8) is 0 Å². The van der Waals surface area contributed by atoms with Crippen LogP contribution < -0.4 is 0 Å². The molecule has 2 aromatic rings. The van der Waals surface area contributed by atoms with Crippen molar-refractivity contribution in [1.82, 2.24) is 4.90 Å². The zero-order valence-electron chi connectivity index (χ0n) is 15.3. The molecule has 1 aliphatic rings. The lowest BCUT2D eigenvalue weighted by molar-refractivity contribution is -0.274. The predicted octanol–water partition coefficient (Wildman–Crippen LogP) is 5.58. The molecule has 4 nitrogen and oxygen atoms in total. The van der Waals surface area contributed by atoms with Gasteiger partial charge in [0.1, 0.15) is 0 Å². The third kappa shape index (κ3) is 3.91. The number of carboxylic acid groups (broad SMARTS) is 1. The molecule has 2 aromatic carbocycles. The van der Waals surface area contributed by atoms with Crippen LogP contribution in [0.25, 0.3) is 0 Å². The minimum Gasteiger partial charge on any atom is -0.465 e. The molecular weight excluding hydrogens is 430 g/mol. The highest BCUT2D eigenvalue weighted by molar-refractivity contribution is 6.35. The number of benzene rings is 2. The second-order valence-electron chi connectivity index (χ2n) is 7.09. The van der Waals surface area contributed by atoms with Crippen LogP contribution >= 0.6 is 23.2 Å². The molecule has 0 fully saturated rings. The van der Waals surface area contributed by atoms with Crippen molar-refractivity contribution in [2.24, 2.45) is 0 Å². The lowest BCUT2D eigenvalue weighted by Gasteiger charge is -2.38. The van der Waals surface area contributed by atoms with Crippen molar-refractivity contribution in [3.05, 3.63) is 68.7 Å².